The number of anilines is 1. The Hall–Kier alpha value is -4.77. The zero-order valence-corrected chi connectivity index (χ0v) is 22.5. The molecule has 0 saturated heterocycles. The van der Waals surface area contributed by atoms with Crippen LogP contribution in [0.2, 0.25) is 0 Å². The maximum atomic E-state index is 13.8. The first kappa shape index (κ1) is 25.5. The van der Waals surface area contributed by atoms with Gasteiger partial charge in [-0.1, -0.05) is 54.6 Å². The van der Waals surface area contributed by atoms with E-state index in [0.29, 0.717) is 29.1 Å². The van der Waals surface area contributed by atoms with E-state index in [4.69, 9.17) is 14.5 Å². The second kappa shape index (κ2) is 11.1. The normalized spacial score (nSPS) is 12.8. The van der Waals surface area contributed by atoms with E-state index in [0.717, 1.165) is 21.8 Å². The number of amides is 2. The Bertz CT molecular complexity index is 1670. The molecule has 6 rings (SSSR count). The van der Waals surface area contributed by atoms with Gasteiger partial charge >= 0.3 is 0 Å². The number of thiazole rings is 1. The Labute approximate surface area is 234 Å². The van der Waals surface area contributed by atoms with E-state index in [1.165, 1.54) is 11.3 Å². The molecule has 0 spiro atoms. The summed E-state index contributed by atoms with van der Waals surface area (Å²) in [4.78, 5) is 33.8. The molecule has 202 valence electrons. The first-order valence-corrected chi connectivity index (χ1v) is 13.7. The van der Waals surface area contributed by atoms with E-state index in [1.807, 2.05) is 66.9 Å². The van der Waals surface area contributed by atoms with Gasteiger partial charge < -0.3 is 19.7 Å². The number of hydrogen-bond donors (Lipinski definition) is 1. The molecule has 40 heavy (non-hydrogen) atoms. The molecular formula is C29H26N6O4S. The van der Waals surface area contributed by atoms with Gasteiger partial charge in [-0.25, -0.2) is 9.67 Å². The van der Waals surface area contributed by atoms with Crippen LogP contribution in [-0.4, -0.2) is 49.5 Å². The summed E-state index contributed by atoms with van der Waals surface area (Å²) < 4.78 is 12.4. The Morgan fingerprint density at radius 3 is 2.70 bits per heavy atom. The van der Waals surface area contributed by atoms with Crippen molar-refractivity contribution in [3.05, 3.63) is 83.2 Å². The maximum absolute atomic E-state index is 13.8. The van der Waals surface area contributed by atoms with Crippen LogP contribution in [0.15, 0.2) is 78.2 Å². The first-order chi connectivity index (χ1) is 19.6. The molecule has 3 aromatic carbocycles. The lowest BCUT2D eigenvalue weighted by atomic mass is 10.1. The number of benzene rings is 3. The molecule has 0 saturated carbocycles. The number of hydrogen-bond acceptors (Lipinski definition) is 8. The van der Waals surface area contributed by atoms with Crippen molar-refractivity contribution in [3.63, 3.8) is 0 Å². The van der Waals surface area contributed by atoms with Gasteiger partial charge in [0.2, 0.25) is 18.6 Å². The second-order valence-corrected chi connectivity index (χ2v) is 10.2. The molecule has 3 heterocycles. The fourth-order valence-corrected chi connectivity index (χ4v) is 5.44. The van der Waals surface area contributed by atoms with Crippen molar-refractivity contribution in [1.82, 2.24) is 24.9 Å². The minimum atomic E-state index is -0.753. The van der Waals surface area contributed by atoms with Crippen LogP contribution >= 0.6 is 11.3 Å². The predicted octanol–water partition coefficient (Wildman–Crippen LogP) is 4.73. The fraction of sp³-hybridized carbons (Fsp3) is 0.207. The molecular weight excluding hydrogens is 528 g/mol. The monoisotopic (exact) mass is 554 g/mol. The quantitative estimate of drug-likeness (QED) is 0.280. The summed E-state index contributed by atoms with van der Waals surface area (Å²) in [6, 6.07) is 21.8. The molecule has 1 N–H and O–H groups in total. The van der Waals surface area contributed by atoms with Crippen LogP contribution in [0.5, 0.6) is 11.5 Å². The molecule has 2 amide bonds. The number of ether oxygens (including phenoxy) is 2. The summed E-state index contributed by atoms with van der Waals surface area (Å²) in [5, 5.41) is 14.0. The molecule has 0 radical (unpaired) electrons. The molecule has 10 nitrogen and oxygen atoms in total. The lowest BCUT2D eigenvalue weighted by Crippen LogP contribution is -2.47. The Morgan fingerprint density at radius 2 is 1.85 bits per heavy atom. The van der Waals surface area contributed by atoms with E-state index < -0.39 is 6.04 Å². The second-order valence-electron chi connectivity index (χ2n) is 9.23. The van der Waals surface area contributed by atoms with Crippen molar-refractivity contribution in [2.75, 3.05) is 12.1 Å². The number of fused-ring (bicyclic) bond motifs is 2. The molecule has 2 aromatic heterocycles. The van der Waals surface area contributed by atoms with Gasteiger partial charge in [0.15, 0.2) is 11.5 Å². The molecule has 1 atom stereocenters. The average Bonchev–Trinajstić information content (AvgIpc) is 3.74. The molecule has 0 bridgehead atoms. The average molecular weight is 555 g/mol. The number of carbonyl (C=O) groups is 2. The number of carbonyl (C=O) groups excluding carboxylic acids is 2. The predicted molar refractivity (Wildman–Crippen MR) is 151 cm³/mol. The van der Waals surface area contributed by atoms with Gasteiger partial charge in [-0.2, -0.15) is 0 Å². The Morgan fingerprint density at radius 1 is 1.05 bits per heavy atom. The fourth-order valence-electron chi connectivity index (χ4n) is 4.64. The lowest BCUT2D eigenvalue weighted by molar-refractivity contribution is -0.140. The summed E-state index contributed by atoms with van der Waals surface area (Å²) in [6.45, 7) is 2.13. The van der Waals surface area contributed by atoms with Crippen molar-refractivity contribution in [2.45, 2.75) is 32.5 Å². The number of nitrogens with one attached hydrogen (secondary N) is 1. The van der Waals surface area contributed by atoms with E-state index in [2.05, 4.69) is 15.6 Å². The summed E-state index contributed by atoms with van der Waals surface area (Å²) in [5.74, 6) is 0.616. The largest absolute Gasteiger partial charge is 0.454 e. The summed E-state index contributed by atoms with van der Waals surface area (Å²) in [7, 11) is 0. The van der Waals surface area contributed by atoms with Crippen LogP contribution in [0.3, 0.4) is 0 Å². The van der Waals surface area contributed by atoms with E-state index in [9.17, 15) is 9.59 Å². The highest BCUT2D eigenvalue weighted by atomic mass is 32.1. The van der Waals surface area contributed by atoms with Crippen LogP contribution in [0.4, 0.5) is 5.69 Å². The van der Waals surface area contributed by atoms with Crippen molar-refractivity contribution >= 4 is 39.9 Å². The Kier molecular flexibility index (Phi) is 7.11. The van der Waals surface area contributed by atoms with Crippen LogP contribution in [0.1, 0.15) is 18.4 Å². The van der Waals surface area contributed by atoms with Crippen molar-refractivity contribution in [1.29, 1.82) is 0 Å². The minimum Gasteiger partial charge on any atom is -0.454 e. The number of rotatable bonds is 9. The van der Waals surface area contributed by atoms with Crippen LogP contribution < -0.4 is 14.8 Å². The highest BCUT2D eigenvalue weighted by molar-refractivity contribution is 7.09. The smallest absolute Gasteiger partial charge is 0.247 e. The first-order valence-electron chi connectivity index (χ1n) is 12.9. The minimum absolute atomic E-state index is 0.0643. The number of aromatic nitrogens is 4. The SMILES string of the molecule is CC[C@@H](C(=O)Nc1ccc2c(c1)OCO2)N(Cc1nc(-c2ccccc2)cs1)C(=O)Cn1nnc2ccccc21. The maximum Gasteiger partial charge on any atom is 0.247 e. The molecule has 11 heteroatoms. The topological polar surface area (TPSA) is 111 Å². The Balaban J connectivity index is 1.27. The van der Waals surface area contributed by atoms with Crippen molar-refractivity contribution in [3.8, 4) is 22.8 Å². The number of nitrogens with zero attached hydrogens (tertiary/aromatic N) is 5. The third kappa shape index (κ3) is 5.23. The van der Waals surface area contributed by atoms with Gasteiger partial charge in [0.25, 0.3) is 0 Å². The standard InChI is InChI=1S/C29H26N6O4S/c1-2-23(29(37)30-20-12-13-25-26(14-20)39-18-38-25)34(15-27-31-22(17-40-27)19-8-4-3-5-9-19)28(36)16-35-24-11-7-6-10-21(24)32-33-35/h3-14,17,23H,2,15-16,18H2,1H3,(H,30,37)/t23-/m0/s1. The van der Waals surface area contributed by atoms with Gasteiger partial charge in [-0.05, 0) is 30.7 Å². The summed E-state index contributed by atoms with van der Waals surface area (Å²) in [6.07, 6.45) is 0.400. The third-order valence-electron chi connectivity index (χ3n) is 6.66. The van der Waals surface area contributed by atoms with Crippen LogP contribution in [-0.2, 0) is 22.7 Å². The van der Waals surface area contributed by atoms with Crippen LogP contribution in [0.25, 0.3) is 22.3 Å². The van der Waals surface area contributed by atoms with Gasteiger partial charge in [0, 0.05) is 22.7 Å². The highest BCUT2D eigenvalue weighted by Crippen LogP contribution is 2.34. The molecule has 1 aliphatic heterocycles. The van der Waals surface area contributed by atoms with Crippen molar-refractivity contribution in [2.24, 2.45) is 0 Å². The molecule has 1 aliphatic rings. The number of para-hydroxylation sites is 1. The molecule has 0 unspecified atom stereocenters. The van der Waals surface area contributed by atoms with E-state index >= 15 is 0 Å². The van der Waals surface area contributed by atoms with Gasteiger partial charge in [0.05, 0.1) is 17.8 Å². The zero-order chi connectivity index (χ0) is 27.5. The molecule has 0 fully saturated rings. The third-order valence-corrected chi connectivity index (χ3v) is 7.49. The summed E-state index contributed by atoms with van der Waals surface area (Å²) in [5.41, 5.74) is 3.82. The molecule has 5 aromatic rings. The van der Waals surface area contributed by atoms with Crippen molar-refractivity contribution < 1.29 is 19.1 Å². The molecule has 0 aliphatic carbocycles. The van der Waals surface area contributed by atoms with Gasteiger partial charge in [-0.15, -0.1) is 16.4 Å². The van der Waals surface area contributed by atoms with Gasteiger partial charge in [-0.3, -0.25) is 9.59 Å². The van der Waals surface area contributed by atoms with Crippen LogP contribution in [0, 0.1) is 0 Å². The highest BCUT2D eigenvalue weighted by Gasteiger charge is 2.30. The van der Waals surface area contributed by atoms with E-state index in [-0.39, 0.29) is 31.7 Å². The van der Waals surface area contributed by atoms with Gasteiger partial charge in [0.1, 0.15) is 23.1 Å². The van der Waals surface area contributed by atoms with E-state index in [1.54, 1.807) is 27.8 Å². The lowest BCUT2D eigenvalue weighted by Gasteiger charge is -2.29. The summed E-state index contributed by atoms with van der Waals surface area (Å²) >= 11 is 1.46. The zero-order valence-electron chi connectivity index (χ0n) is 21.7.